The standard InChI is InChI=1S/C22H40N4O2/c1-22(11-6-4-7-12-22)20(27)25-15-10-19(18-25)26(21(28)23(2)3)17-16-24-13-8-5-9-14-24/h19H,4-18H2,1-3H3. The number of urea groups is 1. The molecule has 160 valence electrons. The van der Waals surface area contributed by atoms with Crippen LogP contribution in [0.1, 0.15) is 64.7 Å². The first-order valence-electron chi connectivity index (χ1n) is 11.4. The van der Waals surface area contributed by atoms with E-state index in [4.69, 9.17) is 0 Å². The fourth-order valence-electron chi connectivity index (χ4n) is 5.23. The van der Waals surface area contributed by atoms with E-state index in [-0.39, 0.29) is 17.5 Å². The molecule has 3 fully saturated rings. The Kier molecular flexibility index (Phi) is 7.24. The number of likely N-dealkylation sites (tertiary alicyclic amines) is 2. The number of carbonyl (C=O) groups excluding carboxylic acids is 2. The highest BCUT2D eigenvalue weighted by atomic mass is 16.2. The molecule has 28 heavy (non-hydrogen) atoms. The van der Waals surface area contributed by atoms with Gasteiger partial charge in [0.15, 0.2) is 0 Å². The largest absolute Gasteiger partial charge is 0.340 e. The van der Waals surface area contributed by atoms with Crippen molar-refractivity contribution in [1.29, 1.82) is 0 Å². The monoisotopic (exact) mass is 392 g/mol. The molecular formula is C22H40N4O2. The normalized spacial score (nSPS) is 25.5. The molecule has 0 spiro atoms. The van der Waals surface area contributed by atoms with Crippen LogP contribution < -0.4 is 0 Å². The van der Waals surface area contributed by atoms with Gasteiger partial charge >= 0.3 is 6.03 Å². The quantitative estimate of drug-likeness (QED) is 0.722. The highest BCUT2D eigenvalue weighted by Gasteiger charge is 2.41. The number of hydrogen-bond acceptors (Lipinski definition) is 3. The van der Waals surface area contributed by atoms with Gasteiger partial charge in [-0.3, -0.25) is 4.79 Å². The Balaban J connectivity index is 1.60. The van der Waals surface area contributed by atoms with Crippen LogP contribution >= 0.6 is 0 Å². The summed E-state index contributed by atoms with van der Waals surface area (Å²) in [4.78, 5) is 34.3. The molecule has 1 atom stereocenters. The lowest BCUT2D eigenvalue weighted by molar-refractivity contribution is -0.142. The van der Waals surface area contributed by atoms with Crippen molar-refractivity contribution >= 4 is 11.9 Å². The molecule has 1 saturated carbocycles. The smallest absolute Gasteiger partial charge is 0.319 e. The predicted octanol–water partition coefficient (Wildman–Crippen LogP) is 3.03. The molecule has 3 amide bonds. The highest BCUT2D eigenvalue weighted by molar-refractivity contribution is 5.83. The molecule has 1 aliphatic carbocycles. The van der Waals surface area contributed by atoms with Gasteiger partial charge in [0.1, 0.15) is 0 Å². The zero-order chi connectivity index (χ0) is 20.1. The summed E-state index contributed by atoms with van der Waals surface area (Å²) in [5.74, 6) is 0.322. The second kappa shape index (κ2) is 9.47. The number of piperidine rings is 1. The Labute approximate surface area is 171 Å². The summed E-state index contributed by atoms with van der Waals surface area (Å²) in [7, 11) is 3.66. The molecule has 2 heterocycles. The van der Waals surface area contributed by atoms with Gasteiger partial charge in [0, 0.05) is 45.7 Å². The molecule has 1 unspecified atom stereocenters. The van der Waals surface area contributed by atoms with Crippen LogP contribution in [0.4, 0.5) is 4.79 Å². The third kappa shape index (κ3) is 5.00. The molecule has 3 rings (SSSR count). The zero-order valence-electron chi connectivity index (χ0n) is 18.3. The number of amides is 3. The summed E-state index contributed by atoms with van der Waals surface area (Å²) in [5.41, 5.74) is -0.183. The second-order valence-electron chi connectivity index (χ2n) is 9.59. The van der Waals surface area contributed by atoms with E-state index in [1.807, 2.05) is 23.9 Å². The van der Waals surface area contributed by atoms with Gasteiger partial charge in [0.2, 0.25) is 5.91 Å². The summed E-state index contributed by atoms with van der Waals surface area (Å²) in [6, 6.07) is 0.232. The average Bonchev–Trinajstić information content (AvgIpc) is 3.18. The van der Waals surface area contributed by atoms with Crippen molar-refractivity contribution in [2.75, 3.05) is 53.4 Å². The van der Waals surface area contributed by atoms with E-state index >= 15 is 0 Å². The molecule has 0 aromatic heterocycles. The lowest BCUT2D eigenvalue weighted by Gasteiger charge is -2.37. The van der Waals surface area contributed by atoms with Crippen LogP contribution in [0.3, 0.4) is 0 Å². The Bertz CT molecular complexity index is 539. The van der Waals surface area contributed by atoms with Gasteiger partial charge in [-0.2, -0.15) is 0 Å². The number of nitrogens with zero attached hydrogens (tertiary/aromatic N) is 4. The van der Waals surface area contributed by atoms with Crippen LogP contribution in [0.15, 0.2) is 0 Å². The van der Waals surface area contributed by atoms with Crippen LogP contribution in [0.25, 0.3) is 0 Å². The topological polar surface area (TPSA) is 47.1 Å². The summed E-state index contributed by atoms with van der Waals surface area (Å²) >= 11 is 0. The summed E-state index contributed by atoms with van der Waals surface area (Å²) in [5, 5.41) is 0. The molecule has 2 aliphatic heterocycles. The molecule has 0 aromatic carbocycles. The van der Waals surface area contributed by atoms with Crippen LogP contribution in [0.2, 0.25) is 0 Å². The van der Waals surface area contributed by atoms with Gasteiger partial charge in [-0.05, 0) is 45.2 Å². The minimum atomic E-state index is -0.183. The first kappa shape index (κ1) is 21.4. The maximum absolute atomic E-state index is 13.2. The average molecular weight is 393 g/mol. The Morgan fingerprint density at radius 2 is 1.61 bits per heavy atom. The SMILES string of the molecule is CN(C)C(=O)N(CCN1CCCCC1)C1CCN(C(=O)C2(C)CCCCC2)C1. The molecule has 2 saturated heterocycles. The lowest BCUT2D eigenvalue weighted by Crippen LogP contribution is -2.51. The van der Waals surface area contributed by atoms with Crippen molar-refractivity contribution < 1.29 is 9.59 Å². The van der Waals surface area contributed by atoms with Crippen LogP contribution in [-0.2, 0) is 4.79 Å². The molecule has 0 aromatic rings. The van der Waals surface area contributed by atoms with Gasteiger partial charge in [-0.1, -0.05) is 32.6 Å². The van der Waals surface area contributed by atoms with Crippen molar-refractivity contribution in [1.82, 2.24) is 19.6 Å². The van der Waals surface area contributed by atoms with Gasteiger partial charge in [-0.25, -0.2) is 4.79 Å². The van der Waals surface area contributed by atoms with E-state index in [0.29, 0.717) is 12.5 Å². The summed E-state index contributed by atoms with van der Waals surface area (Å²) < 4.78 is 0. The highest BCUT2D eigenvalue weighted by Crippen LogP contribution is 2.38. The Morgan fingerprint density at radius 3 is 2.25 bits per heavy atom. The zero-order valence-corrected chi connectivity index (χ0v) is 18.3. The van der Waals surface area contributed by atoms with E-state index in [2.05, 4.69) is 11.8 Å². The van der Waals surface area contributed by atoms with E-state index in [1.54, 1.807) is 4.90 Å². The fourth-order valence-corrected chi connectivity index (χ4v) is 5.23. The second-order valence-corrected chi connectivity index (χ2v) is 9.59. The van der Waals surface area contributed by atoms with Crippen LogP contribution in [0.5, 0.6) is 0 Å². The van der Waals surface area contributed by atoms with Gasteiger partial charge in [0.05, 0.1) is 6.04 Å². The van der Waals surface area contributed by atoms with Crippen molar-refractivity contribution in [3.8, 4) is 0 Å². The fraction of sp³-hybridized carbons (Fsp3) is 0.909. The van der Waals surface area contributed by atoms with Crippen molar-refractivity contribution in [2.45, 2.75) is 70.8 Å². The maximum Gasteiger partial charge on any atom is 0.319 e. The summed E-state index contributed by atoms with van der Waals surface area (Å²) in [6.07, 6.45) is 10.4. The van der Waals surface area contributed by atoms with Gasteiger partial charge < -0.3 is 19.6 Å². The van der Waals surface area contributed by atoms with Crippen LogP contribution in [0, 0.1) is 5.41 Å². The molecular weight excluding hydrogens is 352 g/mol. The first-order valence-corrected chi connectivity index (χ1v) is 11.4. The van der Waals surface area contributed by atoms with Gasteiger partial charge in [-0.15, -0.1) is 0 Å². The van der Waals surface area contributed by atoms with E-state index in [0.717, 1.165) is 52.0 Å². The van der Waals surface area contributed by atoms with Gasteiger partial charge in [0.25, 0.3) is 0 Å². The van der Waals surface area contributed by atoms with Crippen molar-refractivity contribution in [3.05, 3.63) is 0 Å². The molecule has 6 nitrogen and oxygen atoms in total. The molecule has 0 radical (unpaired) electrons. The minimum Gasteiger partial charge on any atom is -0.340 e. The lowest BCUT2D eigenvalue weighted by atomic mass is 9.75. The molecule has 0 bridgehead atoms. The Morgan fingerprint density at radius 1 is 0.964 bits per heavy atom. The first-order chi connectivity index (χ1) is 13.4. The maximum atomic E-state index is 13.2. The van der Waals surface area contributed by atoms with Crippen molar-refractivity contribution in [2.24, 2.45) is 5.41 Å². The molecule has 0 N–H and O–H groups in total. The van der Waals surface area contributed by atoms with E-state index in [1.165, 1.54) is 38.5 Å². The predicted molar refractivity (Wildman–Crippen MR) is 112 cm³/mol. The third-order valence-corrected chi connectivity index (χ3v) is 7.10. The van der Waals surface area contributed by atoms with Crippen LogP contribution in [-0.4, -0.2) is 90.9 Å². The molecule has 3 aliphatic rings. The van der Waals surface area contributed by atoms with E-state index in [9.17, 15) is 9.59 Å². The number of carbonyl (C=O) groups is 2. The number of rotatable bonds is 5. The van der Waals surface area contributed by atoms with E-state index < -0.39 is 0 Å². The summed E-state index contributed by atoms with van der Waals surface area (Å²) in [6.45, 7) is 7.66. The number of hydrogen-bond donors (Lipinski definition) is 0. The van der Waals surface area contributed by atoms with Crippen molar-refractivity contribution in [3.63, 3.8) is 0 Å². The molecule has 6 heteroatoms. The minimum absolute atomic E-state index is 0.0835. The third-order valence-electron chi connectivity index (χ3n) is 7.10. The Hall–Kier alpha value is -1.30.